The van der Waals surface area contributed by atoms with Crippen molar-refractivity contribution in [2.24, 2.45) is 0 Å². The van der Waals surface area contributed by atoms with Crippen LogP contribution >= 0.6 is 0 Å². The normalized spacial score (nSPS) is 12.7. The highest BCUT2D eigenvalue weighted by Crippen LogP contribution is 2.25. The van der Waals surface area contributed by atoms with E-state index in [0.717, 1.165) is 17.6 Å². The molecule has 0 radical (unpaired) electrons. The summed E-state index contributed by atoms with van der Waals surface area (Å²) in [7, 11) is 0. The van der Waals surface area contributed by atoms with Gasteiger partial charge in [0.25, 0.3) is 0 Å². The third-order valence-electron chi connectivity index (χ3n) is 4.00. The number of fused-ring (bicyclic) bond motifs is 1. The first-order valence-corrected chi connectivity index (χ1v) is 7.87. The summed E-state index contributed by atoms with van der Waals surface area (Å²) in [5.41, 5.74) is 1.73. The Hall–Kier alpha value is -3.07. The van der Waals surface area contributed by atoms with Crippen molar-refractivity contribution in [2.45, 2.75) is 13.3 Å². The molecule has 0 unspecified atom stereocenters. The zero-order valence-electron chi connectivity index (χ0n) is 13.5. The lowest BCUT2D eigenvalue weighted by molar-refractivity contribution is 0.462. The van der Waals surface area contributed by atoms with Crippen LogP contribution in [0.1, 0.15) is 18.9 Å². The number of rotatable bonds is 3. The fraction of sp³-hybridized carbons (Fsp3) is 0.0952. The van der Waals surface area contributed by atoms with E-state index in [1.54, 1.807) is 24.5 Å². The number of hydrogen-bond acceptors (Lipinski definition) is 3. The van der Waals surface area contributed by atoms with E-state index < -0.39 is 0 Å². The van der Waals surface area contributed by atoms with Crippen LogP contribution in [0.15, 0.2) is 55.4 Å². The van der Waals surface area contributed by atoms with Gasteiger partial charge in [0.2, 0.25) is 0 Å². The third kappa shape index (κ3) is 2.76. The Kier molecular flexibility index (Phi) is 4.34. The molecule has 0 saturated carbocycles. The molecule has 0 aliphatic rings. The van der Waals surface area contributed by atoms with Crippen molar-refractivity contribution in [1.82, 2.24) is 4.98 Å². The van der Waals surface area contributed by atoms with Crippen LogP contribution in [0.25, 0.3) is 28.5 Å². The SMILES string of the molecule is C=C(/C=c1/c(O)c2cnccc2c(O)/c1=C/CC)c1ccccc1. The lowest BCUT2D eigenvalue weighted by Gasteiger charge is -2.07. The standard InChI is InChI=1S/C21H19NO2/c1-3-7-16-18(12-14(2)15-8-5-4-6-9-15)21(24)19-13-22-11-10-17(19)20(16)23/h4-13,23-24H,2-3H2,1H3/b16-7+,18-12+. The topological polar surface area (TPSA) is 53.4 Å². The highest BCUT2D eigenvalue weighted by atomic mass is 16.3. The molecule has 1 aromatic heterocycles. The van der Waals surface area contributed by atoms with Gasteiger partial charge in [-0.25, -0.2) is 0 Å². The Balaban J connectivity index is 2.37. The van der Waals surface area contributed by atoms with E-state index in [2.05, 4.69) is 11.6 Å². The largest absolute Gasteiger partial charge is 0.507 e. The Morgan fingerprint density at radius 1 is 1.04 bits per heavy atom. The van der Waals surface area contributed by atoms with Crippen LogP contribution in [0.5, 0.6) is 11.5 Å². The maximum atomic E-state index is 10.7. The molecule has 3 heteroatoms. The third-order valence-corrected chi connectivity index (χ3v) is 4.00. The molecule has 0 amide bonds. The van der Waals surface area contributed by atoms with Crippen molar-refractivity contribution in [3.63, 3.8) is 0 Å². The summed E-state index contributed by atoms with van der Waals surface area (Å²) in [6, 6.07) is 11.4. The van der Waals surface area contributed by atoms with E-state index in [0.29, 0.717) is 21.2 Å². The number of aromatic hydroxyl groups is 2. The summed E-state index contributed by atoms with van der Waals surface area (Å²) in [4.78, 5) is 4.05. The Bertz CT molecular complexity index is 1020. The minimum Gasteiger partial charge on any atom is -0.507 e. The second-order valence-corrected chi connectivity index (χ2v) is 5.59. The molecule has 0 saturated heterocycles. The van der Waals surface area contributed by atoms with E-state index in [-0.39, 0.29) is 11.5 Å². The Morgan fingerprint density at radius 2 is 1.75 bits per heavy atom. The molecular formula is C21H19NO2. The van der Waals surface area contributed by atoms with Gasteiger partial charge in [0.1, 0.15) is 11.5 Å². The summed E-state index contributed by atoms with van der Waals surface area (Å²) >= 11 is 0. The first kappa shape index (κ1) is 15.8. The van der Waals surface area contributed by atoms with Crippen molar-refractivity contribution in [2.75, 3.05) is 0 Å². The number of phenols is 2. The highest BCUT2D eigenvalue weighted by Gasteiger charge is 2.10. The Labute approximate surface area is 140 Å². The quantitative estimate of drug-likeness (QED) is 0.729. The molecule has 0 atom stereocenters. The molecule has 0 fully saturated rings. The van der Waals surface area contributed by atoms with Gasteiger partial charge in [-0.1, -0.05) is 49.9 Å². The van der Waals surface area contributed by atoms with Crippen LogP contribution in [0, 0.1) is 0 Å². The van der Waals surface area contributed by atoms with E-state index in [1.807, 2.05) is 43.3 Å². The predicted molar refractivity (Wildman–Crippen MR) is 99.0 cm³/mol. The zero-order chi connectivity index (χ0) is 17.1. The Morgan fingerprint density at radius 3 is 2.46 bits per heavy atom. The molecule has 3 aromatic rings. The smallest absolute Gasteiger partial charge is 0.133 e. The van der Waals surface area contributed by atoms with E-state index in [1.165, 1.54) is 0 Å². The van der Waals surface area contributed by atoms with Crippen molar-refractivity contribution >= 4 is 28.5 Å². The van der Waals surface area contributed by atoms with Crippen LogP contribution in [-0.2, 0) is 0 Å². The molecule has 3 nitrogen and oxygen atoms in total. The summed E-state index contributed by atoms with van der Waals surface area (Å²) in [5.74, 6) is 0.256. The average Bonchev–Trinajstić information content (AvgIpc) is 2.63. The maximum Gasteiger partial charge on any atom is 0.133 e. The second kappa shape index (κ2) is 6.59. The molecule has 120 valence electrons. The van der Waals surface area contributed by atoms with Gasteiger partial charge in [0, 0.05) is 33.6 Å². The molecule has 3 rings (SSSR count). The molecule has 0 spiro atoms. The van der Waals surface area contributed by atoms with Crippen LogP contribution in [-0.4, -0.2) is 15.2 Å². The fourth-order valence-electron chi connectivity index (χ4n) is 2.80. The van der Waals surface area contributed by atoms with Crippen LogP contribution < -0.4 is 10.4 Å². The van der Waals surface area contributed by atoms with Gasteiger partial charge in [-0.3, -0.25) is 4.98 Å². The van der Waals surface area contributed by atoms with Crippen molar-refractivity contribution < 1.29 is 10.2 Å². The number of hydrogen-bond donors (Lipinski definition) is 2. The van der Waals surface area contributed by atoms with E-state index >= 15 is 0 Å². The summed E-state index contributed by atoms with van der Waals surface area (Å²) in [5, 5.41) is 23.7. The number of benzene rings is 2. The number of aromatic nitrogens is 1. The molecule has 2 aromatic carbocycles. The lowest BCUT2D eigenvalue weighted by Crippen LogP contribution is -2.25. The highest BCUT2D eigenvalue weighted by molar-refractivity contribution is 5.95. The van der Waals surface area contributed by atoms with Crippen LogP contribution in [0.4, 0.5) is 0 Å². The van der Waals surface area contributed by atoms with E-state index in [4.69, 9.17) is 0 Å². The minimum atomic E-state index is 0.104. The molecule has 0 aliphatic carbocycles. The molecule has 2 N–H and O–H groups in total. The van der Waals surface area contributed by atoms with Crippen molar-refractivity contribution in [3.05, 3.63) is 71.4 Å². The van der Waals surface area contributed by atoms with Crippen molar-refractivity contribution in [1.29, 1.82) is 0 Å². The lowest BCUT2D eigenvalue weighted by atomic mass is 10.0. The van der Waals surface area contributed by atoms with Gasteiger partial charge >= 0.3 is 0 Å². The second-order valence-electron chi connectivity index (χ2n) is 5.59. The molecule has 0 aliphatic heterocycles. The number of pyridine rings is 1. The van der Waals surface area contributed by atoms with Gasteiger partial charge in [-0.15, -0.1) is 0 Å². The van der Waals surface area contributed by atoms with Gasteiger partial charge in [-0.2, -0.15) is 0 Å². The average molecular weight is 317 g/mol. The van der Waals surface area contributed by atoms with E-state index in [9.17, 15) is 10.2 Å². The first-order valence-electron chi connectivity index (χ1n) is 7.87. The van der Waals surface area contributed by atoms with Gasteiger partial charge < -0.3 is 10.2 Å². The molecule has 1 heterocycles. The predicted octanol–water partition coefficient (Wildman–Crippen LogP) is 3.33. The van der Waals surface area contributed by atoms with Gasteiger partial charge in [0.15, 0.2) is 0 Å². The molecule has 24 heavy (non-hydrogen) atoms. The van der Waals surface area contributed by atoms with Crippen LogP contribution in [0.2, 0.25) is 0 Å². The number of phenolic OH excluding ortho intramolecular Hbond substituents is 2. The summed E-state index contributed by atoms with van der Waals surface area (Å²) in [6.45, 7) is 6.08. The maximum absolute atomic E-state index is 10.7. The van der Waals surface area contributed by atoms with Crippen molar-refractivity contribution in [3.8, 4) is 11.5 Å². The zero-order valence-corrected chi connectivity index (χ0v) is 13.5. The fourth-order valence-corrected chi connectivity index (χ4v) is 2.80. The summed E-state index contributed by atoms with van der Waals surface area (Å²) < 4.78 is 0. The van der Waals surface area contributed by atoms with Crippen LogP contribution in [0.3, 0.4) is 0 Å². The minimum absolute atomic E-state index is 0.104. The summed E-state index contributed by atoms with van der Waals surface area (Å²) in [6.07, 6.45) is 7.60. The number of nitrogens with zero attached hydrogens (tertiary/aromatic N) is 1. The first-order chi connectivity index (χ1) is 11.6. The molecular weight excluding hydrogens is 298 g/mol. The monoisotopic (exact) mass is 317 g/mol. The number of allylic oxidation sites excluding steroid dienone is 1. The van der Waals surface area contributed by atoms with Gasteiger partial charge in [0.05, 0.1) is 0 Å². The van der Waals surface area contributed by atoms with Gasteiger partial charge in [-0.05, 0) is 29.7 Å². The molecule has 0 bridgehead atoms.